The number of nitrogens with zero attached hydrogens (tertiary/aromatic N) is 4. The Hall–Kier alpha value is -3.62. The van der Waals surface area contributed by atoms with Crippen LogP contribution in [0.5, 0.6) is 5.75 Å². The maximum atomic E-state index is 14.2. The molecule has 34 heavy (non-hydrogen) atoms. The van der Waals surface area contributed by atoms with Gasteiger partial charge in [-0.15, -0.1) is 0 Å². The first-order chi connectivity index (χ1) is 16.4. The molecule has 8 nitrogen and oxygen atoms in total. The zero-order chi connectivity index (χ0) is 23.9. The van der Waals surface area contributed by atoms with E-state index in [1.165, 1.54) is 6.07 Å². The molecule has 3 aromatic rings. The van der Waals surface area contributed by atoms with Crippen LogP contribution in [-0.4, -0.2) is 45.3 Å². The molecule has 2 aliphatic rings. The Morgan fingerprint density at radius 2 is 2.09 bits per heavy atom. The van der Waals surface area contributed by atoms with Crippen LogP contribution >= 0.6 is 0 Å². The lowest BCUT2D eigenvalue weighted by atomic mass is 9.82. The molecule has 0 saturated carbocycles. The second kappa shape index (κ2) is 8.62. The van der Waals surface area contributed by atoms with Gasteiger partial charge in [0.05, 0.1) is 5.69 Å². The van der Waals surface area contributed by atoms with Crippen molar-refractivity contribution in [3.8, 4) is 17.0 Å². The number of likely N-dealkylation sites (tertiary alicyclic amines) is 1. The summed E-state index contributed by atoms with van der Waals surface area (Å²) in [7, 11) is 0. The summed E-state index contributed by atoms with van der Waals surface area (Å²) in [4.78, 5) is 18.5. The number of carbonyl (C=O) groups excluding carboxylic acids is 1. The topological polar surface area (TPSA) is 98.3 Å². The number of anilines is 1. The van der Waals surface area contributed by atoms with Crippen LogP contribution in [0, 0.1) is 5.82 Å². The number of aryl methyl sites for hydroxylation is 1. The molecule has 1 saturated heterocycles. The molecule has 1 spiro atoms. The van der Waals surface area contributed by atoms with Gasteiger partial charge in [0.15, 0.2) is 11.6 Å². The molecule has 0 aliphatic carbocycles. The van der Waals surface area contributed by atoms with Crippen LogP contribution in [0.4, 0.5) is 15.0 Å². The van der Waals surface area contributed by atoms with Crippen molar-refractivity contribution in [3.05, 3.63) is 59.7 Å². The van der Waals surface area contributed by atoms with Crippen LogP contribution in [0.1, 0.15) is 44.1 Å². The molecular weight excluding hydrogens is 435 g/mol. The molecule has 178 valence electrons. The SMILES string of the molecule is CCNC(=O)N1CC[C@@]2(CCn3nc(-c4cnc(N)c(O[C@@H](C)c5ccccc5F)c4)cc32)C1. The molecule has 0 unspecified atom stereocenters. The van der Waals surface area contributed by atoms with Gasteiger partial charge in [-0.2, -0.15) is 5.10 Å². The number of halogens is 1. The van der Waals surface area contributed by atoms with Crippen molar-refractivity contribution < 1.29 is 13.9 Å². The van der Waals surface area contributed by atoms with Crippen LogP contribution in [-0.2, 0) is 12.0 Å². The van der Waals surface area contributed by atoms with E-state index in [1.54, 1.807) is 37.4 Å². The predicted octanol–water partition coefficient (Wildman–Crippen LogP) is 3.88. The molecule has 0 bridgehead atoms. The summed E-state index contributed by atoms with van der Waals surface area (Å²) in [6, 6.07) is 10.4. The molecule has 3 N–H and O–H groups in total. The van der Waals surface area contributed by atoms with Gasteiger partial charge in [-0.1, -0.05) is 18.2 Å². The molecule has 2 atom stereocenters. The number of aromatic nitrogens is 3. The second-order valence-corrected chi connectivity index (χ2v) is 9.06. The highest BCUT2D eigenvalue weighted by Crippen LogP contribution is 2.44. The first-order valence-electron chi connectivity index (χ1n) is 11.7. The maximum absolute atomic E-state index is 14.2. The van der Waals surface area contributed by atoms with Crippen LogP contribution < -0.4 is 15.8 Å². The summed E-state index contributed by atoms with van der Waals surface area (Å²) < 4.78 is 22.2. The number of nitrogens with one attached hydrogen (secondary N) is 1. The molecule has 2 amide bonds. The predicted molar refractivity (Wildman–Crippen MR) is 127 cm³/mol. The summed E-state index contributed by atoms with van der Waals surface area (Å²) >= 11 is 0. The highest BCUT2D eigenvalue weighted by Gasteiger charge is 2.46. The Labute approximate surface area is 197 Å². The standard InChI is InChI=1S/C25H29FN6O2/c1-3-28-24(33)31-10-8-25(15-31)9-11-32-22(25)13-20(30-32)17-12-21(23(27)29-14-17)34-16(2)18-6-4-5-7-19(18)26/h4-7,12-14,16H,3,8-11,15H2,1-2H3,(H2,27,29)(H,28,33)/t16-,25+/m0/s1. The number of amides is 2. The third kappa shape index (κ3) is 3.85. The smallest absolute Gasteiger partial charge is 0.317 e. The lowest BCUT2D eigenvalue weighted by Gasteiger charge is -2.23. The monoisotopic (exact) mass is 464 g/mol. The van der Waals surface area contributed by atoms with Crippen molar-refractivity contribution in [2.24, 2.45) is 0 Å². The number of hydrogen-bond acceptors (Lipinski definition) is 5. The fourth-order valence-corrected chi connectivity index (χ4v) is 5.07. The summed E-state index contributed by atoms with van der Waals surface area (Å²) in [6.45, 7) is 6.57. The Balaban J connectivity index is 1.39. The van der Waals surface area contributed by atoms with Crippen molar-refractivity contribution in [2.75, 3.05) is 25.4 Å². The van der Waals surface area contributed by atoms with Gasteiger partial charge < -0.3 is 20.7 Å². The minimum atomic E-state index is -0.533. The Bertz CT molecular complexity index is 1230. The van der Waals surface area contributed by atoms with Crippen LogP contribution in [0.2, 0.25) is 0 Å². The molecular formula is C25H29FN6O2. The normalized spacial score (nSPS) is 19.9. The number of ether oxygens (including phenoxy) is 1. The van der Waals surface area contributed by atoms with E-state index >= 15 is 0 Å². The third-order valence-corrected chi connectivity index (χ3v) is 6.92. The van der Waals surface area contributed by atoms with Gasteiger partial charge >= 0.3 is 6.03 Å². The minimum absolute atomic E-state index is 0.00828. The summed E-state index contributed by atoms with van der Waals surface area (Å²) in [5, 5.41) is 7.71. The van der Waals surface area contributed by atoms with E-state index in [0.29, 0.717) is 24.4 Å². The Kier molecular flexibility index (Phi) is 5.63. The first-order valence-corrected chi connectivity index (χ1v) is 11.7. The summed E-state index contributed by atoms with van der Waals surface area (Å²) in [5.74, 6) is 0.301. The number of carbonyl (C=O) groups is 1. The first kappa shape index (κ1) is 22.2. The summed E-state index contributed by atoms with van der Waals surface area (Å²) in [5.41, 5.74) is 9.15. The molecule has 1 fully saturated rings. The number of rotatable bonds is 5. The van der Waals surface area contributed by atoms with E-state index in [-0.39, 0.29) is 23.1 Å². The van der Waals surface area contributed by atoms with E-state index in [2.05, 4.69) is 16.4 Å². The molecule has 0 radical (unpaired) electrons. The number of hydrogen-bond donors (Lipinski definition) is 2. The number of urea groups is 1. The van der Waals surface area contributed by atoms with Gasteiger partial charge in [0, 0.05) is 54.6 Å². The maximum Gasteiger partial charge on any atom is 0.317 e. The molecule has 9 heteroatoms. The summed E-state index contributed by atoms with van der Waals surface area (Å²) in [6.07, 6.45) is 3.04. The third-order valence-electron chi connectivity index (χ3n) is 6.92. The van der Waals surface area contributed by atoms with E-state index in [4.69, 9.17) is 15.6 Å². The van der Waals surface area contributed by atoms with Gasteiger partial charge in [-0.25, -0.2) is 14.2 Å². The number of fused-ring (bicyclic) bond motifs is 2. The molecule has 4 heterocycles. The van der Waals surface area contributed by atoms with Gasteiger partial charge in [-0.05, 0) is 44.9 Å². The molecule has 1 aromatic carbocycles. The van der Waals surface area contributed by atoms with Crippen LogP contribution in [0.25, 0.3) is 11.3 Å². The number of benzene rings is 1. The average Bonchev–Trinajstić information content (AvgIpc) is 3.53. The van der Waals surface area contributed by atoms with E-state index in [9.17, 15) is 9.18 Å². The number of pyridine rings is 1. The lowest BCUT2D eigenvalue weighted by Crippen LogP contribution is -2.40. The lowest BCUT2D eigenvalue weighted by molar-refractivity contribution is 0.206. The van der Waals surface area contributed by atoms with Gasteiger partial charge in [0.25, 0.3) is 0 Å². The minimum Gasteiger partial charge on any atom is -0.482 e. The van der Waals surface area contributed by atoms with Crippen LogP contribution in [0.15, 0.2) is 42.6 Å². The quantitative estimate of drug-likeness (QED) is 0.597. The van der Waals surface area contributed by atoms with Crippen molar-refractivity contribution >= 4 is 11.8 Å². The van der Waals surface area contributed by atoms with E-state index in [1.807, 2.05) is 16.5 Å². The fraction of sp³-hybridized carbons (Fsp3) is 0.400. The zero-order valence-electron chi connectivity index (χ0n) is 19.4. The Morgan fingerprint density at radius 1 is 1.29 bits per heavy atom. The van der Waals surface area contributed by atoms with E-state index < -0.39 is 6.10 Å². The Morgan fingerprint density at radius 3 is 2.88 bits per heavy atom. The van der Waals surface area contributed by atoms with Crippen molar-refractivity contribution in [1.29, 1.82) is 0 Å². The van der Waals surface area contributed by atoms with Gasteiger partial charge in [0.1, 0.15) is 11.9 Å². The second-order valence-electron chi connectivity index (χ2n) is 9.06. The molecule has 2 aliphatic heterocycles. The molecule has 2 aromatic heterocycles. The average molecular weight is 465 g/mol. The van der Waals surface area contributed by atoms with Gasteiger partial charge in [-0.3, -0.25) is 4.68 Å². The molecule has 5 rings (SSSR count). The van der Waals surface area contributed by atoms with E-state index in [0.717, 1.165) is 42.9 Å². The van der Waals surface area contributed by atoms with Crippen molar-refractivity contribution in [2.45, 2.75) is 44.8 Å². The van der Waals surface area contributed by atoms with Gasteiger partial charge in [0.2, 0.25) is 0 Å². The van der Waals surface area contributed by atoms with Crippen molar-refractivity contribution in [1.82, 2.24) is 25.0 Å². The number of nitrogen functional groups attached to an aromatic ring is 1. The largest absolute Gasteiger partial charge is 0.482 e. The van der Waals surface area contributed by atoms with Crippen LogP contribution in [0.3, 0.4) is 0 Å². The number of nitrogens with two attached hydrogens (primary N) is 1. The highest BCUT2D eigenvalue weighted by atomic mass is 19.1. The zero-order valence-corrected chi connectivity index (χ0v) is 19.4. The highest BCUT2D eigenvalue weighted by molar-refractivity contribution is 5.75. The fourth-order valence-electron chi connectivity index (χ4n) is 5.07. The van der Waals surface area contributed by atoms with Crippen molar-refractivity contribution in [3.63, 3.8) is 0 Å².